The van der Waals surface area contributed by atoms with Crippen molar-refractivity contribution >= 4 is 5.69 Å². The SMILES string of the molecule is COc1cc(N2CCCCC2)c(OC)cc1CCO. The number of hydrogen-bond donors (Lipinski definition) is 1. The van der Waals surface area contributed by atoms with Gasteiger partial charge in [0.25, 0.3) is 0 Å². The van der Waals surface area contributed by atoms with Crippen LogP contribution in [0.3, 0.4) is 0 Å². The van der Waals surface area contributed by atoms with Gasteiger partial charge in [-0.2, -0.15) is 0 Å². The van der Waals surface area contributed by atoms with Crippen LogP contribution in [0, 0.1) is 0 Å². The molecule has 1 fully saturated rings. The molecule has 0 bridgehead atoms. The zero-order valence-electron chi connectivity index (χ0n) is 11.8. The Morgan fingerprint density at radius 3 is 2.32 bits per heavy atom. The van der Waals surface area contributed by atoms with Gasteiger partial charge in [0.2, 0.25) is 0 Å². The average Bonchev–Trinajstić information content (AvgIpc) is 2.48. The summed E-state index contributed by atoms with van der Waals surface area (Å²) in [6.45, 7) is 2.25. The molecule has 106 valence electrons. The first-order chi connectivity index (χ1) is 9.30. The highest BCUT2D eigenvalue weighted by atomic mass is 16.5. The molecule has 1 saturated heterocycles. The number of aliphatic hydroxyl groups excluding tert-OH is 1. The monoisotopic (exact) mass is 265 g/mol. The molecule has 0 aromatic heterocycles. The van der Waals surface area contributed by atoms with Crippen molar-refractivity contribution in [1.82, 2.24) is 0 Å². The smallest absolute Gasteiger partial charge is 0.142 e. The van der Waals surface area contributed by atoms with E-state index >= 15 is 0 Å². The van der Waals surface area contributed by atoms with Crippen molar-refractivity contribution in [2.24, 2.45) is 0 Å². The fraction of sp³-hybridized carbons (Fsp3) is 0.600. The van der Waals surface area contributed by atoms with E-state index in [4.69, 9.17) is 14.6 Å². The Morgan fingerprint density at radius 1 is 1.05 bits per heavy atom. The van der Waals surface area contributed by atoms with Crippen LogP contribution < -0.4 is 14.4 Å². The lowest BCUT2D eigenvalue weighted by Crippen LogP contribution is -2.29. The Labute approximate surface area is 114 Å². The van der Waals surface area contributed by atoms with Crippen molar-refractivity contribution in [3.8, 4) is 11.5 Å². The van der Waals surface area contributed by atoms with Crippen LogP contribution in [0.15, 0.2) is 12.1 Å². The van der Waals surface area contributed by atoms with E-state index in [1.165, 1.54) is 19.3 Å². The van der Waals surface area contributed by atoms with E-state index in [1.54, 1.807) is 14.2 Å². The summed E-state index contributed by atoms with van der Waals surface area (Å²) < 4.78 is 10.9. The van der Waals surface area contributed by atoms with Gasteiger partial charge in [0.1, 0.15) is 11.5 Å². The third-order valence-electron chi connectivity index (χ3n) is 3.66. The lowest BCUT2D eigenvalue weighted by atomic mass is 10.1. The van der Waals surface area contributed by atoms with E-state index in [0.29, 0.717) is 6.42 Å². The molecule has 2 rings (SSSR count). The third-order valence-corrected chi connectivity index (χ3v) is 3.66. The molecule has 0 radical (unpaired) electrons. The molecular formula is C15H23NO3. The minimum absolute atomic E-state index is 0.114. The predicted octanol–water partition coefficient (Wildman–Crippen LogP) is 2.23. The van der Waals surface area contributed by atoms with Gasteiger partial charge in [0.05, 0.1) is 19.9 Å². The van der Waals surface area contributed by atoms with Crippen molar-refractivity contribution in [3.63, 3.8) is 0 Å². The van der Waals surface area contributed by atoms with Gasteiger partial charge >= 0.3 is 0 Å². The summed E-state index contributed by atoms with van der Waals surface area (Å²) >= 11 is 0. The summed E-state index contributed by atoms with van der Waals surface area (Å²) in [6.07, 6.45) is 4.34. The van der Waals surface area contributed by atoms with Crippen molar-refractivity contribution in [3.05, 3.63) is 17.7 Å². The van der Waals surface area contributed by atoms with E-state index in [1.807, 2.05) is 12.1 Å². The Bertz CT molecular complexity index is 414. The minimum atomic E-state index is 0.114. The fourth-order valence-electron chi connectivity index (χ4n) is 2.64. The van der Waals surface area contributed by atoms with Crippen LogP contribution in [-0.4, -0.2) is 39.0 Å². The molecule has 1 aromatic rings. The maximum Gasteiger partial charge on any atom is 0.142 e. The van der Waals surface area contributed by atoms with Crippen molar-refractivity contribution in [2.75, 3.05) is 38.8 Å². The summed E-state index contributed by atoms with van der Waals surface area (Å²) in [6, 6.07) is 4.02. The quantitative estimate of drug-likeness (QED) is 0.886. The molecule has 0 spiro atoms. The normalized spacial score (nSPS) is 15.4. The molecule has 4 heteroatoms. The van der Waals surface area contributed by atoms with Crippen LogP contribution in [0.25, 0.3) is 0 Å². The van der Waals surface area contributed by atoms with Crippen molar-refractivity contribution in [1.29, 1.82) is 0 Å². The average molecular weight is 265 g/mol. The molecule has 1 aromatic carbocycles. The third kappa shape index (κ3) is 3.13. The van der Waals surface area contributed by atoms with Crippen LogP contribution in [0.4, 0.5) is 5.69 Å². The van der Waals surface area contributed by atoms with Gasteiger partial charge in [-0.15, -0.1) is 0 Å². The number of nitrogens with zero attached hydrogens (tertiary/aromatic N) is 1. The Hall–Kier alpha value is -1.42. The highest BCUT2D eigenvalue weighted by molar-refractivity contribution is 5.64. The maximum atomic E-state index is 9.11. The number of rotatable bonds is 5. The van der Waals surface area contributed by atoms with Crippen LogP contribution in [0.2, 0.25) is 0 Å². The van der Waals surface area contributed by atoms with E-state index in [-0.39, 0.29) is 6.61 Å². The number of aliphatic hydroxyl groups is 1. The topological polar surface area (TPSA) is 41.9 Å². The number of ether oxygens (including phenoxy) is 2. The lowest BCUT2D eigenvalue weighted by molar-refractivity contribution is 0.296. The molecule has 19 heavy (non-hydrogen) atoms. The zero-order valence-corrected chi connectivity index (χ0v) is 11.8. The predicted molar refractivity (Wildman–Crippen MR) is 76.4 cm³/mol. The summed E-state index contributed by atoms with van der Waals surface area (Å²) in [5.74, 6) is 1.70. The second-order valence-electron chi connectivity index (χ2n) is 4.86. The molecule has 1 aliphatic heterocycles. The standard InChI is InChI=1S/C15H23NO3/c1-18-14-11-13(16-7-4-3-5-8-16)15(19-2)10-12(14)6-9-17/h10-11,17H,3-9H2,1-2H3. The number of anilines is 1. The summed E-state index contributed by atoms with van der Waals surface area (Å²) in [7, 11) is 3.36. The van der Waals surface area contributed by atoms with E-state index < -0.39 is 0 Å². The Kier molecular flexibility index (Phi) is 4.91. The van der Waals surface area contributed by atoms with Gasteiger partial charge in [-0.3, -0.25) is 0 Å². The molecule has 0 atom stereocenters. The van der Waals surface area contributed by atoms with Crippen molar-refractivity contribution in [2.45, 2.75) is 25.7 Å². The second-order valence-corrected chi connectivity index (χ2v) is 4.86. The van der Waals surface area contributed by atoms with E-state index in [9.17, 15) is 0 Å². The number of piperidine rings is 1. The molecule has 1 aliphatic rings. The van der Waals surface area contributed by atoms with Crippen LogP contribution >= 0.6 is 0 Å². The van der Waals surface area contributed by atoms with Gasteiger partial charge in [-0.1, -0.05) is 0 Å². The van der Waals surface area contributed by atoms with Gasteiger partial charge in [-0.25, -0.2) is 0 Å². The molecular weight excluding hydrogens is 242 g/mol. The molecule has 0 aliphatic carbocycles. The second kappa shape index (κ2) is 6.66. The van der Waals surface area contributed by atoms with Gasteiger partial charge in [-0.05, 0) is 31.7 Å². The molecule has 1 N–H and O–H groups in total. The first-order valence-corrected chi connectivity index (χ1v) is 6.91. The van der Waals surface area contributed by atoms with Crippen LogP contribution in [-0.2, 0) is 6.42 Å². The Morgan fingerprint density at radius 2 is 1.74 bits per heavy atom. The van der Waals surface area contributed by atoms with E-state index in [2.05, 4.69) is 4.90 Å². The first-order valence-electron chi connectivity index (χ1n) is 6.91. The number of methoxy groups -OCH3 is 2. The van der Waals surface area contributed by atoms with Crippen molar-refractivity contribution < 1.29 is 14.6 Å². The first kappa shape index (κ1) is 14.0. The molecule has 4 nitrogen and oxygen atoms in total. The molecule has 0 unspecified atom stereocenters. The number of benzene rings is 1. The molecule has 0 saturated carbocycles. The molecule has 1 heterocycles. The summed E-state index contributed by atoms with van der Waals surface area (Å²) in [4.78, 5) is 2.35. The summed E-state index contributed by atoms with van der Waals surface area (Å²) in [5.41, 5.74) is 2.09. The van der Waals surface area contributed by atoms with Crippen LogP contribution in [0.1, 0.15) is 24.8 Å². The lowest BCUT2D eigenvalue weighted by Gasteiger charge is -2.30. The zero-order chi connectivity index (χ0) is 13.7. The highest BCUT2D eigenvalue weighted by Gasteiger charge is 2.18. The Balaban J connectivity index is 2.35. The summed E-state index contributed by atoms with van der Waals surface area (Å²) in [5, 5.41) is 9.11. The fourth-order valence-corrected chi connectivity index (χ4v) is 2.64. The van der Waals surface area contributed by atoms with Gasteiger partial charge < -0.3 is 19.5 Å². The van der Waals surface area contributed by atoms with Crippen LogP contribution in [0.5, 0.6) is 11.5 Å². The maximum absolute atomic E-state index is 9.11. The largest absolute Gasteiger partial charge is 0.496 e. The van der Waals surface area contributed by atoms with Gasteiger partial charge in [0, 0.05) is 31.3 Å². The number of hydrogen-bond acceptors (Lipinski definition) is 4. The highest BCUT2D eigenvalue weighted by Crippen LogP contribution is 2.36. The van der Waals surface area contributed by atoms with Gasteiger partial charge in [0.15, 0.2) is 0 Å². The minimum Gasteiger partial charge on any atom is -0.496 e. The van der Waals surface area contributed by atoms with E-state index in [0.717, 1.165) is 35.8 Å². The molecule has 0 amide bonds.